The molecule has 0 radical (unpaired) electrons. The van der Waals surface area contributed by atoms with Crippen molar-refractivity contribution in [1.29, 1.82) is 0 Å². The number of rotatable bonds is 5. The Balaban J connectivity index is 1.65. The highest BCUT2D eigenvalue weighted by Gasteiger charge is 2.28. The number of benzene rings is 1. The Morgan fingerprint density at radius 3 is 2.53 bits per heavy atom. The third-order valence-electron chi connectivity index (χ3n) is 4.88. The second-order valence-corrected chi connectivity index (χ2v) is 8.67. The molecule has 0 spiro atoms. The second-order valence-electron chi connectivity index (χ2n) is 6.87. The molecule has 2 N–H and O–H groups in total. The molecular formula is C22H16N4O2S2. The predicted molar refractivity (Wildman–Crippen MR) is 119 cm³/mol. The Bertz CT molecular complexity index is 1310. The Hall–Kier alpha value is -3.36. The van der Waals surface area contributed by atoms with Gasteiger partial charge in [0.1, 0.15) is 22.2 Å². The van der Waals surface area contributed by atoms with E-state index in [1.54, 1.807) is 29.6 Å². The fourth-order valence-corrected chi connectivity index (χ4v) is 5.14. The molecule has 4 heterocycles. The average molecular weight is 433 g/mol. The fourth-order valence-electron chi connectivity index (χ4n) is 3.36. The van der Waals surface area contributed by atoms with Crippen molar-refractivity contribution in [1.82, 2.24) is 15.3 Å². The summed E-state index contributed by atoms with van der Waals surface area (Å²) >= 11 is 3.18. The van der Waals surface area contributed by atoms with Crippen LogP contribution in [0.3, 0.4) is 0 Å². The molecule has 3 aromatic heterocycles. The van der Waals surface area contributed by atoms with E-state index in [9.17, 15) is 9.59 Å². The summed E-state index contributed by atoms with van der Waals surface area (Å²) in [7, 11) is 0. The number of carbonyl (C=O) groups excluding carboxylic acids is 2. The summed E-state index contributed by atoms with van der Waals surface area (Å²) < 4.78 is 0. The van der Waals surface area contributed by atoms with Crippen molar-refractivity contribution in [2.75, 3.05) is 5.32 Å². The van der Waals surface area contributed by atoms with E-state index in [2.05, 4.69) is 16.0 Å². The van der Waals surface area contributed by atoms with E-state index in [0.717, 1.165) is 26.2 Å². The van der Waals surface area contributed by atoms with Crippen molar-refractivity contribution in [3.05, 3.63) is 75.9 Å². The molecule has 1 aliphatic rings. The van der Waals surface area contributed by atoms with Gasteiger partial charge in [0, 0.05) is 27.8 Å². The zero-order valence-corrected chi connectivity index (χ0v) is 17.6. The maximum atomic E-state index is 12.3. The third kappa shape index (κ3) is 3.30. The van der Waals surface area contributed by atoms with E-state index in [1.807, 2.05) is 47.8 Å². The van der Waals surface area contributed by atoms with Crippen molar-refractivity contribution in [3.8, 4) is 10.4 Å². The molecule has 1 aromatic carbocycles. The SMILES string of the molecule is CC1=C(Nc2nc(Cc3ccccc3)nc3scc(-c4cccs4)c23)C(=O)NC1=O. The van der Waals surface area contributed by atoms with Crippen LogP contribution in [0, 0.1) is 0 Å². The molecule has 6 nitrogen and oxygen atoms in total. The van der Waals surface area contributed by atoms with Gasteiger partial charge in [-0.1, -0.05) is 36.4 Å². The van der Waals surface area contributed by atoms with Crippen LogP contribution >= 0.6 is 22.7 Å². The number of carbonyl (C=O) groups is 2. The van der Waals surface area contributed by atoms with Crippen LogP contribution in [0.4, 0.5) is 5.82 Å². The molecule has 0 unspecified atom stereocenters. The molecule has 0 saturated heterocycles. The molecule has 4 aromatic rings. The number of amides is 2. The number of hydrogen-bond acceptors (Lipinski definition) is 7. The summed E-state index contributed by atoms with van der Waals surface area (Å²) in [5.74, 6) is 0.358. The molecule has 5 rings (SSSR count). The quantitative estimate of drug-likeness (QED) is 0.458. The van der Waals surface area contributed by atoms with Gasteiger partial charge in [0.05, 0.1) is 5.39 Å². The molecule has 148 valence electrons. The highest BCUT2D eigenvalue weighted by molar-refractivity contribution is 7.18. The third-order valence-corrected chi connectivity index (χ3v) is 6.66. The van der Waals surface area contributed by atoms with Gasteiger partial charge in [-0.2, -0.15) is 0 Å². The highest BCUT2D eigenvalue weighted by Crippen LogP contribution is 2.39. The van der Waals surface area contributed by atoms with E-state index in [0.29, 0.717) is 23.6 Å². The largest absolute Gasteiger partial charge is 0.335 e. The molecule has 0 bridgehead atoms. The van der Waals surface area contributed by atoms with E-state index >= 15 is 0 Å². The Morgan fingerprint density at radius 1 is 1.00 bits per heavy atom. The minimum atomic E-state index is -0.443. The molecule has 2 amide bonds. The summed E-state index contributed by atoms with van der Waals surface area (Å²) in [6.45, 7) is 1.62. The number of nitrogens with one attached hydrogen (secondary N) is 2. The summed E-state index contributed by atoms with van der Waals surface area (Å²) in [5.41, 5.74) is 2.70. The number of anilines is 1. The second kappa shape index (κ2) is 7.47. The number of nitrogens with zero attached hydrogens (tertiary/aromatic N) is 2. The van der Waals surface area contributed by atoms with E-state index in [-0.39, 0.29) is 11.6 Å². The molecule has 0 atom stereocenters. The first kappa shape index (κ1) is 18.7. The summed E-state index contributed by atoms with van der Waals surface area (Å²) in [6.07, 6.45) is 0.570. The van der Waals surface area contributed by atoms with Crippen molar-refractivity contribution in [2.24, 2.45) is 0 Å². The van der Waals surface area contributed by atoms with Gasteiger partial charge in [-0.3, -0.25) is 14.9 Å². The lowest BCUT2D eigenvalue weighted by molar-refractivity contribution is -0.124. The van der Waals surface area contributed by atoms with Gasteiger partial charge in [-0.25, -0.2) is 9.97 Å². The highest BCUT2D eigenvalue weighted by atomic mass is 32.1. The van der Waals surface area contributed by atoms with Crippen LogP contribution in [0.2, 0.25) is 0 Å². The normalized spacial score (nSPS) is 13.9. The van der Waals surface area contributed by atoms with E-state index < -0.39 is 5.91 Å². The zero-order chi connectivity index (χ0) is 20.7. The maximum Gasteiger partial charge on any atom is 0.275 e. The van der Waals surface area contributed by atoms with Crippen LogP contribution in [0.25, 0.3) is 20.7 Å². The van der Waals surface area contributed by atoms with Gasteiger partial charge in [0.15, 0.2) is 0 Å². The lowest BCUT2D eigenvalue weighted by Gasteiger charge is -2.11. The van der Waals surface area contributed by atoms with Crippen LogP contribution in [-0.4, -0.2) is 21.8 Å². The van der Waals surface area contributed by atoms with Crippen LogP contribution in [0.5, 0.6) is 0 Å². The van der Waals surface area contributed by atoms with Gasteiger partial charge in [0.2, 0.25) is 0 Å². The number of hydrogen-bond donors (Lipinski definition) is 2. The van der Waals surface area contributed by atoms with Gasteiger partial charge >= 0.3 is 0 Å². The monoisotopic (exact) mass is 432 g/mol. The number of aromatic nitrogens is 2. The van der Waals surface area contributed by atoms with Gasteiger partial charge in [-0.05, 0) is 23.9 Å². The first-order valence-electron chi connectivity index (χ1n) is 9.29. The lowest BCUT2D eigenvalue weighted by atomic mass is 10.1. The standard InChI is InChI=1S/C22H16N4O2S2/c1-12-18(21(28)26-20(12)27)25-19-17-14(15-8-5-9-29-15)11-30-22(17)24-16(23-19)10-13-6-3-2-4-7-13/h2-9,11H,10H2,1H3,(H2,23,24,25,26,27,28). The van der Waals surface area contributed by atoms with Crippen LogP contribution < -0.4 is 10.6 Å². The van der Waals surface area contributed by atoms with Gasteiger partial charge < -0.3 is 5.32 Å². The van der Waals surface area contributed by atoms with Gasteiger partial charge in [-0.15, -0.1) is 22.7 Å². The van der Waals surface area contributed by atoms with Crippen LogP contribution in [0.15, 0.2) is 64.5 Å². The number of thiophene rings is 2. The minimum Gasteiger partial charge on any atom is -0.335 e. The average Bonchev–Trinajstić information content (AvgIpc) is 3.45. The van der Waals surface area contributed by atoms with Crippen LogP contribution in [0.1, 0.15) is 18.3 Å². The van der Waals surface area contributed by atoms with Crippen molar-refractivity contribution >= 4 is 50.5 Å². The van der Waals surface area contributed by atoms with Crippen molar-refractivity contribution in [3.63, 3.8) is 0 Å². The molecule has 0 aliphatic carbocycles. The van der Waals surface area contributed by atoms with Crippen molar-refractivity contribution in [2.45, 2.75) is 13.3 Å². The Labute approximate surface area is 180 Å². The zero-order valence-electron chi connectivity index (χ0n) is 15.9. The molecule has 8 heteroatoms. The van der Waals surface area contributed by atoms with E-state index in [4.69, 9.17) is 9.97 Å². The Kier molecular flexibility index (Phi) is 4.65. The smallest absolute Gasteiger partial charge is 0.275 e. The summed E-state index contributed by atoms with van der Waals surface area (Å²) in [6, 6.07) is 14.0. The fraction of sp³-hybridized carbons (Fsp3) is 0.0909. The molecule has 0 saturated carbocycles. The maximum absolute atomic E-state index is 12.3. The first-order chi connectivity index (χ1) is 14.6. The van der Waals surface area contributed by atoms with E-state index in [1.165, 1.54) is 0 Å². The predicted octanol–water partition coefficient (Wildman–Crippen LogP) is 4.35. The number of fused-ring (bicyclic) bond motifs is 1. The van der Waals surface area contributed by atoms with Crippen LogP contribution in [-0.2, 0) is 16.0 Å². The summed E-state index contributed by atoms with van der Waals surface area (Å²) in [5, 5.41) is 10.4. The summed E-state index contributed by atoms with van der Waals surface area (Å²) in [4.78, 5) is 35.6. The minimum absolute atomic E-state index is 0.231. The van der Waals surface area contributed by atoms with Gasteiger partial charge in [0.25, 0.3) is 11.8 Å². The molecular weight excluding hydrogens is 416 g/mol. The van der Waals surface area contributed by atoms with Crippen molar-refractivity contribution < 1.29 is 9.59 Å². The first-order valence-corrected chi connectivity index (χ1v) is 11.1. The molecule has 0 fully saturated rings. The molecule has 1 aliphatic heterocycles. The number of imide groups is 1. The topological polar surface area (TPSA) is 84.0 Å². The molecule has 30 heavy (non-hydrogen) atoms. The lowest BCUT2D eigenvalue weighted by Crippen LogP contribution is -2.24. The Morgan fingerprint density at radius 2 is 1.83 bits per heavy atom.